The van der Waals surface area contributed by atoms with Crippen molar-refractivity contribution in [1.29, 1.82) is 0 Å². The maximum absolute atomic E-state index is 9.80. The van der Waals surface area contributed by atoms with E-state index in [-0.39, 0.29) is 0 Å². The molecule has 1 aromatic carbocycles. The van der Waals surface area contributed by atoms with Gasteiger partial charge in [-0.2, -0.15) is 0 Å². The van der Waals surface area contributed by atoms with Crippen molar-refractivity contribution in [3.05, 3.63) is 35.4 Å². The summed E-state index contributed by atoms with van der Waals surface area (Å²) in [6.07, 6.45) is 4.66. The van der Waals surface area contributed by atoms with Gasteiger partial charge in [-0.15, -0.1) is 0 Å². The molecule has 0 saturated heterocycles. The summed E-state index contributed by atoms with van der Waals surface area (Å²) < 4.78 is 0. The highest BCUT2D eigenvalue weighted by Gasteiger charge is 1.95. The number of aryl methyl sites for hydroxylation is 2. The number of hydrogen-bond acceptors (Lipinski definition) is 2. The average molecular weight is 189 g/mol. The van der Waals surface area contributed by atoms with E-state index in [0.29, 0.717) is 6.54 Å². The predicted octanol–water partition coefficient (Wildman–Crippen LogP) is 2.65. The summed E-state index contributed by atoms with van der Waals surface area (Å²) in [6.45, 7) is 2.73. The first kappa shape index (κ1) is 10.7. The zero-order valence-electron chi connectivity index (χ0n) is 8.49. The van der Waals surface area contributed by atoms with Crippen LogP contribution in [0.3, 0.4) is 0 Å². The molecule has 74 valence electrons. The monoisotopic (exact) mass is 189 g/mol. The number of hydrogen-bond donors (Lipinski definition) is 0. The Balaban J connectivity index is 2.31. The van der Waals surface area contributed by atoms with Crippen LogP contribution < -0.4 is 0 Å². The van der Waals surface area contributed by atoms with Crippen molar-refractivity contribution in [3.63, 3.8) is 0 Å². The number of isocyanates is 1. The molecule has 0 atom stereocenters. The minimum absolute atomic E-state index is 0.607. The van der Waals surface area contributed by atoms with Gasteiger partial charge in [-0.25, -0.2) is 9.79 Å². The Labute approximate surface area is 84.7 Å². The smallest absolute Gasteiger partial charge is 0.211 e. The van der Waals surface area contributed by atoms with Crippen LogP contribution in [0.5, 0.6) is 0 Å². The Kier molecular flexibility index (Phi) is 4.66. The lowest BCUT2D eigenvalue weighted by Crippen LogP contribution is -1.90. The number of aliphatic imine (C=N–C) groups is 1. The Morgan fingerprint density at radius 2 is 2.07 bits per heavy atom. The first-order valence-electron chi connectivity index (χ1n) is 4.92. The molecule has 0 aliphatic rings. The van der Waals surface area contributed by atoms with Gasteiger partial charge in [0, 0.05) is 0 Å². The fourth-order valence-corrected chi connectivity index (χ4v) is 1.44. The van der Waals surface area contributed by atoms with Gasteiger partial charge in [0.1, 0.15) is 0 Å². The van der Waals surface area contributed by atoms with Gasteiger partial charge < -0.3 is 0 Å². The number of benzene rings is 1. The van der Waals surface area contributed by atoms with E-state index < -0.39 is 0 Å². The summed E-state index contributed by atoms with van der Waals surface area (Å²) in [5.74, 6) is 0. The maximum Gasteiger partial charge on any atom is 0.234 e. The van der Waals surface area contributed by atoms with Crippen molar-refractivity contribution in [1.82, 2.24) is 0 Å². The Morgan fingerprint density at radius 1 is 1.29 bits per heavy atom. The van der Waals surface area contributed by atoms with Gasteiger partial charge in [0.2, 0.25) is 6.08 Å². The van der Waals surface area contributed by atoms with Crippen molar-refractivity contribution in [3.8, 4) is 0 Å². The Bertz CT molecular complexity index is 327. The average Bonchev–Trinajstić information content (AvgIpc) is 2.20. The zero-order chi connectivity index (χ0) is 10.2. The van der Waals surface area contributed by atoms with E-state index in [4.69, 9.17) is 0 Å². The molecule has 0 bridgehead atoms. The van der Waals surface area contributed by atoms with Crippen LogP contribution in [0.4, 0.5) is 0 Å². The molecule has 2 heteroatoms. The molecular formula is C12H15NO. The van der Waals surface area contributed by atoms with Gasteiger partial charge in [0.05, 0.1) is 6.54 Å². The van der Waals surface area contributed by atoms with E-state index in [9.17, 15) is 4.79 Å². The molecule has 0 aromatic heterocycles. The van der Waals surface area contributed by atoms with Crippen LogP contribution in [-0.4, -0.2) is 12.6 Å². The number of carbonyl (C=O) groups excluding carboxylic acids is 1. The van der Waals surface area contributed by atoms with Gasteiger partial charge >= 0.3 is 0 Å². The number of nitrogens with zero attached hydrogens (tertiary/aromatic N) is 1. The van der Waals surface area contributed by atoms with Gasteiger partial charge in [0.15, 0.2) is 0 Å². The summed E-state index contributed by atoms with van der Waals surface area (Å²) in [5.41, 5.74) is 2.73. The summed E-state index contributed by atoms with van der Waals surface area (Å²) in [7, 11) is 0. The molecule has 14 heavy (non-hydrogen) atoms. The number of unbranched alkanes of at least 4 members (excludes halogenated alkanes) is 1. The molecule has 0 aliphatic heterocycles. The molecule has 1 aromatic rings. The van der Waals surface area contributed by atoms with E-state index in [1.54, 1.807) is 6.08 Å². The highest BCUT2D eigenvalue weighted by molar-refractivity contribution is 5.32. The second-order valence-corrected chi connectivity index (χ2v) is 3.36. The van der Waals surface area contributed by atoms with Crippen LogP contribution in [0.2, 0.25) is 0 Å². The molecule has 0 amide bonds. The van der Waals surface area contributed by atoms with Crippen LogP contribution in [0.25, 0.3) is 0 Å². The third-order valence-corrected chi connectivity index (χ3v) is 2.29. The summed E-state index contributed by atoms with van der Waals surface area (Å²) >= 11 is 0. The molecule has 1 rings (SSSR count). The van der Waals surface area contributed by atoms with E-state index in [1.165, 1.54) is 11.1 Å². The third-order valence-electron chi connectivity index (χ3n) is 2.29. The number of rotatable bonds is 5. The molecule has 0 fully saturated rings. The Hall–Kier alpha value is -1.40. The summed E-state index contributed by atoms with van der Waals surface area (Å²) in [5, 5.41) is 0. The Morgan fingerprint density at radius 3 is 2.79 bits per heavy atom. The van der Waals surface area contributed by atoms with Gasteiger partial charge in [-0.05, 0) is 37.3 Å². The van der Waals surface area contributed by atoms with Crippen molar-refractivity contribution in [2.75, 3.05) is 6.54 Å². The molecule has 0 saturated carbocycles. The van der Waals surface area contributed by atoms with Crippen molar-refractivity contribution in [2.45, 2.75) is 26.2 Å². The van der Waals surface area contributed by atoms with Gasteiger partial charge in [-0.1, -0.05) is 24.3 Å². The highest BCUT2D eigenvalue weighted by Crippen LogP contribution is 2.10. The fourth-order valence-electron chi connectivity index (χ4n) is 1.44. The van der Waals surface area contributed by atoms with Crippen molar-refractivity contribution >= 4 is 6.08 Å². The van der Waals surface area contributed by atoms with Crippen LogP contribution in [-0.2, 0) is 11.2 Å². The van der Waals surface area contributed by atoms with E-state index in [2.05, 4.69) is 36.2 Å². The van der Waals surface area contributed by atoms with Crippen LogP contribution in [0, 0.1) is 6.92 Å². The third kappa shape index (κ3) is 3.55. The molecule has 0 aliphatic carbocycles. The lowest BCUT2D eigenvalue weighted by Gasteiger charge is -2.03. The molecule has 0 spiro atoms. The normalized spacial score (nSPS) is 9.50. The molecular weight excluding hydrogens is 174 g/mol. The van der Waals surface area contributed by atoms with Gasteiger partial charge in [-0.3, -0.25) is 0 Å². The second-order valence-electron chi connectivity index (χ2n) is 3.36. The quantitative estimate of drug-likeness (QED) is 0.398. The SMILES string of the molecule is Cc1ccccc1CCCCN=C=O. The topological polar surface area (TPSA) is 29.4 Å². The first-order valence-corrected chi connectivity index (χ1v) is 4.92. The van der Waals surface area contributed by atoms with Gasteiger partial charge in [0.25, 0.3) is 0 Å². The minimum atomic E-state index is 0.607. The van der Waals surface area contributed by atoms with Crippen molar-refractivity contribution in [2.24, 2.45) is 4.99 Å². The van der Waals surface area contributed by atoms with E-state index in [0.717, 1.165) is 19.3 Å². The maximum atomic E-state index is 9.80. The molecule has 0 heterocycles. The lowest BCUT2D eigenvalue weighted by molar-refractivity contribution is 0.562. The lowest BCUT2D eigenvalue weighted by atomic mass is 10.0. The van der Waals surface area contributed by atoms with Crippen LogP contribution in [0.1, 0.15) is 24.0 Å². The first-order chi connectivity index (χ1) is 6.84. The predicted molar refractivity (Wildman–Crippen MR) is 57.1 cm³/mol. The molecule has 0 radical (unpaired) electrons. The fraction of sp³-hybridized carbons (Fsp3) is 0.417. The second kappa shape index (κ2) is 6.11. The largest absolute Gasteiger partial charge is 0.234 e. The van der Waals surface area contributed by atoms with E-state index in [1.807, 2.05) is 0 Å². The summed E-state index contributed by atoms with van der Waals surface area (Å²) in [6, 6.07) is 8.39. The highest BCUT2D eigenvalue weighted by atomic mass is 16.1. The van der Waals surface area contributed by atoms with E-state index >= 15 is 0 Å². The van der Waals surface area contributed by atoms with Crippen molar-refractivity contribution < 1.29 is 4.79 Å². The molecule has 0 N–H and O–H groups in total. The molecule has 0 unspecified atom stereocenters. The zero-order valence-corrected chi connectivity index (χ0v) is 8.49. The minimum Gasteiger partial charge on any atom is -0.211 e. The van der Waals surface area contributed by atoms with Crippen LogP contribution >= 0.6 is 0 Å². The van der Waals surface area contributed by atoms with Crippen LogP contribution in [0.15, 0.2) is 29.3 Å². The molecule has 2 nitrogen and oxygen atoms in total. The summed E-state index contributed by atoms with van der Waals surface area (Å²) in [4.78, 5) is 13.3. The standard InChI is InChI=1S/C12H15NO/c1-11-6-2-3-7-12(11)8-4-5-9-13-10-14/h2-3,6-7H,4-5,8-9H2,1H3.